The molecule has 0 aliphatic heterocycles. The summed E-state index contributed by atoms with van der Waals surface area (Å²) in [6.45, 7) is 3.49. The van der Waals surface area contributed by atoms with E-state index in [2.05, 4.69) is 9.44 Å². The third-order valence-corrected chi connectivity index (χ3v) is 9.72. The van der Waals surface area contributed by atoms with Gasteiger partial charge in [-0.2, -0.15) is 0 Å². The van der Waals surface area contributed by atoms with Crippen molar-refractivity contribution in [2.75, 3.05) is 0 Å². The van der Waals surface area contributed by atoms with Crippen molar-refractivity contribution in [1.82, 2.24) is 9.44 Å². The zero-order chi connectivity index (χ0) is 27.1. The Bertz CT molecular complexity index is 1610. The van der Waals surface area contributed by atoms with Gasteiger partial charge in [-0.3, -0.25) is 4.79 Å². The highest BCUT2D eigenvalue weighted by atomic mass is 32.2. The van der Waals surface area contributed by atoms with Crippen LogP contribution in [0.2, 0.25) is 0 Å². The van der Waals surface area contributed by atoms with Gasteiger partial charge in [0.2, 0.25) is 20.0 Å². The topological polar surface area (TPSA) is 109 Å². The fourth-order valence-corrected chi connectivity index (χ4v) is 7.11. The molecule has 0 heterocycles. The summed E-state index contributed by atoms with van der Waals surface area (Å²) in [6, 6.07) is 26.2. The van der Waals surface area contributed by atoms with Crippen LogP contribution in [-0.2, 0) is 20.0 Å². The summed E-state index contributed by atoms with van der Waals surface area (Å²) in [5, 5.41) is 0. The molecule has 0 aromatic heterocycles. The standard InChI is InChI=1S/C29H26N2O5S2/c1-19(21-9-5-3-6-10-21)30-37(33,34)23-13-15-25-26-16-14-24(18-28(26)29(32)27(25)17-23)38(35,36)31-20(2)22-11-7-4-8-12-22/h3-20,30-31H,1-2H3/t19-,20+. The highest BCUT2D eigenvalue weighted by Crippen LogP contribution is 2.39. The van der Waals surface area contributed by atoms with Crippen molar-refractivity contribution < 1.29 is 21.6 Å². The molecule has 4 aromatic rings. The number of rotatable bonds is 8. The molecule has 4 aromatic carbocycles. The molecule has 1 aliphatic carbocycles. The third-order valence-electron chi connectivity index (χ3n) is 6.65. The molecule has 194 valence electrons. The lowest BCUT2D eigenvalue weighted by molar-refractivity contribution is 0.104. The SMILES string of the molecule is C[C@H](NS(=O)(=O)c1ccc2c(c1)C(=O)c1cc(S(=O)(=O)N[C@H](C)c3ccccc3)ccc1-2)c1ccccc1. The molecule has 0 saturated heterocycles. The quantitative estimate of drug-likeness (QED) is 0.285. The van der Waals surface area contributed by atoms with Gasteiger partial charge in [0, 0.05) is 23.2 Å². The maximum Gasteiger partial charge on any atom is 0.241 e. The number of ketones is 1. The summed E-state index contributed by atoms with van der Waals surface area (Å²) in [4.78, 5) is 13.2. The van der Waals surface area contributed by atoms with Crippen LogP contribution < -0.4 is 9.44 Å². The lowest BCUT2D eigenvalue weighted by Gasteiger charge is -2.15. The number of benzene rings is 4. The predicted molar refractivity (Wildman–Crippen MR) is 146 cm³/mol. The van der Waals surface area contributed by atoms with Crippen molar-refractivity contribution in [3.63, 3.8) is 0 Å². The molecule has 0 saturated carbocycles. The summed E-state index contributed by atoms with van der Waals surface area (Å²) in [7, 11) is -7.84. The molecule has 1 aliphatic rings. The fraction of sp³-hybridized carbons (Fsp3) is 0.138. The molecule has 7 nitrogen and oxygen atoms in total. The van der Waals surface area contributed by atoms with Crippen molar-refractivity contribution in [2.24, 2.45) is 0 Å². The van der Waals surface area contributed by atoms with E-state index in [1.54, 1.807) is 26.0 Å². The first-order valence-electron chi connectivity index (χ1n) is 12.0. The fourth-order valence-electron chi connectivity index (χ4n) is 4.59. The largest absolute Gasteiger partial charge is 0.289 e. The molecule has 38 heavy (non-hydrogen) atoms. The number of hydrogen-bond acceptors (Lipinski definition) is 5. The number of sulfonamides is 2. The van der Waals surface area contributed by atoms with Crippen molar-refractivity contribution in [3.05, 3.63) is 119 Å². The number of carbonyl (C=O) groups is 1. The van der Waals surface area contributed by atoms with Crippen LogP contribution in [0.25, 0.3) is 11.1 Å². The number of carbonyl (C=O) groups excluding carboxylic acids is 1. The van der Waals surface area contributed by atoms with E-state index in [-0.39, 0.29) is 20.9 Å². The van der Waals surface area contributed by atoms with Gasteiger partial charge in [-0.15, -0.1) is 0 Å². The van der Waals surface area contributed by atoms with Gasteiger partial charge in [-0.25, -0.2) is 26.3 Å². The lowest BCUT2D eigenvalue weighted by Crippen LogP contribution is -2.27. The van der Waals surface area contributed by atoms with Gasteiger partial charge in [0.25, 0.3) is 0 Å². The minimum absolute atomic E-state index is 0.0358. The third kappa shape index (κ3) is 4.93. The average Bonchev–Trinajstić information content (AvgIpc) is 3.20. The maximum atomic E-state index is 13.3. The molecule has 0 radical (unpaired) electrons. The van der Waals surface area contributed by atoms with Crippen LogP contribution in [0.3, 0.4) is 0 Å². The van der Waals surface area contributed by atoms with E-state index in [1.165, 1.54) is 24.3 Å². The first-order valence-corrected chi connectivity index (χ1v) is 15.0. The van der Waals surface area contributed by atoms with Crippen molar-refractivity contribution in [3.8, 4) is 11.1 Å². The van der Waals surface area contributed by atoms with E-state index in [9.17, 15) is 21.6 Å². The Labute approximate surface area is 222 Å². The van der Waals surface area contributed by atoms with E-state index in [0.29, 0.717) is 11.1 Å². The first kappa shape index (κ1) is 26.0. The normalized spacial score (nSPS) is 14.5. The summed E-state index contributed by atoms with van der Waals surface area (Å²) >= 11 is 0. The molecule has 0 amide bonds. The lowest BCUT2D eigenvalue weighted by atomic mass is 10.1. The Hall–Kier alpha value is -3.63. The predicted octanol–water partition coefficient (Wildman–Crippen LogP) is 4.98. The Balaban J connectivity index is 1.41. The zero-order valence-corrected chi connectivity index (χ0v) is 22.4. The van der Waals surface area contributed by atoms with Crippen LogP contribution in [-0.4, -0.2) is 22.6 Å². The second-order valence-electron chi connectivity index (χ2n) is 9.25. The van der Waals surface area contributed by atoms with Gasteiger partial charge >= 0.3 is 0 Å². The second kappa shape index (κ2) is 9.92. The van der Waals surface area contributed by atoms with Crippen LogP contribution in [0.15, 0.2) is 107 Å². The molecule has 2 N–H and O–H groups in total. The molecule has 0 unspecified atom stereocenters. The van der Waals surface area contributed by atoms with Crippen molar-refractivity contribution in [2.45, 2.75) is 35.7 Å². The molecule has 5 rings (SSSR count). The Morgan fingerprint density at radius 2 is 0.895 bits per heavy atom. The van der Waals surface area contributed by atoms with Crippen LogP contribution in [0.5, 0.6) is 0 Å². The number of hydrogen-bond donors (Lipinski definition) is 2. The van der Waals surface area contributed by atoms with Crippen LogP contribution >= 0.6 is 0 Å². The molecule has 0 fully saturated rings. The average molecular weight is 547 g/mol. The molecule has 0 bridgehead atoms. The van der Waals surface area contributed by atoms with E-state index in [1.807, 2.05) is 60.7 Å². The van der Waals surface area contributed by atoms with E-state index in [4.69, 9.17) is 0 Å². The highest BCUT2D eigenvalue weighted by Gasteiger charge is 2.31. The number of fused-ring (bicyclic) bond motifs is 3. The summed E-state index contributed by atoms with van der Waals surface area (Å²) in [5.74, 6) is -0.420. The van der Waals surface area contributed by atoms with Crippen LogP contribution in [0, 0.1) is 0 Å². The molecule has 9 heteroatoms. The Morgan fingerprint density at radius 3 is 1.26 bits per heavy atom. The molecular formula is C29H26N2O5S2. The summed E-state index contributed by atoms with van der Waals surface area (Å²) in [6.07, 6.45) is 0. The number of nitrogens with one attached hydrogen (secondary N) is 2. The van der Waals surface area contributed by atoms with E-state index in [0.717, 1.165) is 11.1 Å². The van der Waals surface area contributed by atoms with Crippen LogP contribution in [0.4, 0.5) is 0 Å². The van der Waals surface area contributed by atoms with Crippen molar-refractivity contribution >= 4 is 25.8 Å². The Morgan fingerprint density at radius 1 is 0.526 bits per heavy atom. The van der Waals surface area contributed by atoms with E-state index >= 15 is 0 Å². The first-order chi connectivity index (χ1) is 18.1. The van der Waals surface area contributed by atoms with Gasteiger partial charge in [-0.1, -0.05) is 72.8 Å². The molecule has 0 spiro atoms. The van der Waals surface area contributed by atoms with Gasteiger partial charge in [-0.05, 0) is 60.4 Å². The zero-order valence-electron chi connectivity index (χ0n) is 20.8. The Kier molecular flexibility index (Phi) is 6.79. The minimum Gasteiger partial charge on any atom is -0.289 e. The minimum atomic E-state index is -3.92. The van der Waals surface area contributed by atoms with E-state index < -0.39 is 37.9 Å². The van der Waals surface area contributed by atoms with Gasteiger partial charge in [0.1, 0.15) is 0 Å². The monoisotopic (exact) mass is 546 g/mol. The van der Waals surface area contributed by atoms with Crippen LogP contribution in [0.1, 0.15) is 53.0 Å². The van der Waals surface area contributed by atoms with Gasteiger partial charge < -0.3 is 0 Å². The molecule has 2 atom stereocenters. The summed E-state index contributed by atoms with van der Waals surface area (Å²) in [5.41, 5.74) is 3.18. The maximum absolute atomic E-state index is 13.3. The molecular weight excluding hydrogens is 520 g/mol. The second-order valence-corrected chi connectivity index (χ2v) is 12.7. The van der Waals surface area contributed by atoms with Gasteiger partial charge in [0.05, 0.1) is 9.79 Å². The van der Waals surface area contributed by atoms with Crippen molar-refractivity contribution in [1.29, 1.82) is 0 Å². The highest BCUT2D eigenvalue weighted by molar-refractivity contribution is 7.89. The van der Waals surface area contributed by atoms with Gasteiger partial charge in [0.15, 0.2) is 5.78 Å². The smallest absolute Gasteiger partial charge is 0.241 e. The summed E-state index contributed by atoms with van der Waals surface area (Å²) < 4.78 is 57.7.